The van der Waals surface area contributed by atoms with E-state index >= 15 is 0 Å². The van der Waals surface area contributed by atoms with Gasteiger partial charge in [0, 0.05) is 37.1 Å². The van der Waals surface area contributed by atoms with Gasteiger partial charge in [0.15, 0.2) is 11.5 Å². The first-order valence-corrected chi connectivity index (χ1v) is 11.4. The predicted octanol–water partition coefficient (Wildman–Crippen LogP) is 3.61. The van der Waals surface area contributed by atoms with Gasteiger partial charge >= 0.3 is 0 Å². The van der Waals surface area contributed by atoms with E-state index in [4.69, 9.17) is 11.6 Å². The van der Waals surface area contributed by atoms with Crippen LogP contribution in [0.15, 0.2) is 36.4 Å². The first-order valence-electron chi connectivity index (χ1n) is 11.0. The van der Waals surface area contributed by atoms with E-state index in [0.717, 1.165) is 63.1 Å². The number of carbonyl (C=O) groups is 1. The van der Waals surface area contributed by atoms with Crippen LogP contribution in [0.5, 0.6) is 0 Å². The molecule has 0 unspecified atom stereocenters. The van der Waals surface area contributed by atoms with E-state index in [1.807, 2.05) is 41.3 Å². The molecule has 31 heavy (non-hydrogen) atoms. The second-order valence-corrected chi connectivity index (χ2v) is 8.51. The van der Waals surface area contributed by atoms with Crippen LogP contribution >= 0.6 is 11.6 Å². The quantitative estimate of drug-likeness (QED) is 0.497. The highest BCUT2D eigenvalue weighted by Gasteiger charge is 2.29. The summed E-state index contributed by atoms with van der Waals surface area (Å²) in [6, 6.07) is 11.6. The second kappa shape index (κ2) is 10.0. The molecule has 9 heteroatoms. The van der Waals surface area contributed by atoms with Gasteiger partial charge in [-0.05, 0) is 59.5 Å². The van der Waals surface area contributed by atoms with Crippen molar-refractivity contribution in [2.24, 2.45) is 5.92 Å². The van der Waals surface area contributed by atoms with Crippen LogP contribution in [0.2, 0.25) is 5.02 Å². The number of carbonyl (C=O) groups excluding carboxylic acids is 1. The Bertz CT molecular complexity index is 999. The van der Waals surface area contributed by atoms with E-state index in [1.165, 1.54) is 4.63 Å². The van der Waals surface area contributed by atoms with Crippen LogP contribution in [-0.2, 0) is 11.3 Å². The number of amides is 1. The van der Waals surface area contributed by atoms with Gasteiger partial charge in [-0.2, -0.15) is 0 Å². The normalized spacial score (nSPS) is 14.8. The van der Waals surface area contributed by atoms with Crippen molar-refractivity contribution < 1.29 is 4.79 Å². The van der Waals surface area contributed by atoms with E-state index in [-0.39, 0.29) is 11.8 Å². The number of nitrogens with zero attached hydrogens (tertiary/aromatic N) is 7. The predicted molar refractivity (Wildman–Crippen MR) is 120 cm³/mol. The number of halogens is 1. The van der Waals surface area contributed by atoms with Gasteiger partial charge in [0.1, 0.15) is 0 Å². The number of benzene rings is 1. The zero-order valence-corrected chi connectivity index (χ0v) is 18.6. The van der Waals surface area contributed by atoms with Crippen LogP contribution in [-0.4, -0.2) is 55.7 Å². The largest absolute Gasteiger partial charge is 0.355 e. The fraction of sp³-hybridized carbons (Fsp3) is 0.500. The fourth-order valence-corrected chi connectivity index (χ4v) is 4.18. The topological polar surface area (TPSA) is 79.5 Å². The minimum absolute atomic E-state index is 0.0435. The highest BCUT2D eigenvalue weighted by atomic mass is 35.5. The molecule has 4 rings (SSSR count). The number of aromatic nitrogens is 5. The van der Waals surface area contributed by atoms with E-state index in [1.54, 1.807) is 0 Å². The Labute approximate surface area is 187 Å². The van der Waals surface area contributed by atoms with Crippen molar-refractivity contribution in [3.63, 3.8) is 0 Å². The molecule has 1 saturated heterocycles. The molecule has 1 amide bonds. The van der Waals surface area contributed by atoms with Crippen LogP contribution in [0.1, 0.15) is 44.6 Å². The lowest BCUT2D eigenvalue weighted by molar-refractivity contribution is -0.137. The highest BCUT2D eigenvalue weighted by molar-refractivity contribution is 6.30. The molecule has 164 valence electrons. The molecule has 3 heterocycles. The Morgan fingerprint density at radius 2 is 1.90 bits per heavy atom. The third kappa shape index (κ3) is 5.31. The molecule has 1 aliphatic heterocycles. The number of rotatable bonds is 8. The molecule has 0 N–H and O–H groups in total. The highest BCUT2D eigenvalue weighted by Crippen LogP contribution is 2.24. The molecule has 1 fully saturated rings. The molecule has 3 aromatic rings. The summed E-state index contributed by atoms with van der Waals surface area (Å²) in [5.74, 6) is 1.14. The van der Waals surface area contributed by atoms with Crippen molar-refractivity contribution >= 4 is 29.0 Å². The Balaban J connectivity index is 1.39. The molecule has 1 aromatic carbocycles. The van der Waals surface area contributed by atoms with Crippen LogP contribution in [0.25, 0.3) is 5.65 Å². The number of hydrogen-bond donors (Lipinski definition) is 0. The van der Waals surface area contributed by atoms with Gasteiger partial charge in [0.05, 0.1) is 0 Å². The molecule has 1 aliphatic rings. The molecule has 0 spiro atoms. The second-order valence-electron chi connectivity index (χ2n) is 8.07. The smallest absolute Gasteiger partial charge is 0.226 e. The number of tetrazole rings is 1. The van der Waals surface area contributed by atoms with E-state index in [0.29, 0.717) is 17.2 Å². The van der Waals surface area contributed by atoms with Gasteiger partial charge < -0.3 is 9.80 Å². The number of hydrogen-bond acceptors (Lipinski definition) is 6. The summed E-state index contributed by atoms with van der Waals surface area (Å²) in [5.41, 5.74) is 1.74. The fourth-order valence-electron chi connectivity index (χ4n) is 4.05. The average Bonchev–Trinajstić information content (AvgIpc) is 3.27. The third-order valence-electron chi connectivity index (χ3n) is 5.85. The van der Waals surface area contributed by atoms with Gasteiger partial charge in [0.2, 0.25) is 5.91 Å². The number of unbranched alkanes of at least 4 members (excludes halogenated alkanes) is 2. The monoisotopic (exact) mass is 441 g/mol. The Morgan fingerprint density at radius 3 is 2.65 bits per heavy atom. The van der Waals surface area contributed by atoms with Crippen molar-refractivity contribution in [3.8, 4) is 0 Å². The lowest BCUT2D eigenvalue weighted by Gasteiger charge is -2.35. The third-order valence-corrected chi connectivity index (χ3v) is 6.11. The van der Waals surface area contributed by atoms with Crippen molar-refractivity contribution in [1.82, 2.24) is 30.2 Å². The Morgan fingerprint density at radius 1 is 1.13 bits per heavy atom. The van der Waals surface area contributed by atoms with Crippen LogP contribution in [0.3, 0.4) is 0 Å². The number of piperidine rings is 1. The summed E-state index contributed by atoms with van der Waals surface area (Å²) in [6.07, 6.45) is 4.94. The maximum Gasteiger partial charge on any atom is 0.226 e. The van der Waals surface area contributed by atoms with Crippen molar-refractivity contribution in [2.75, 3.05) is 24.5 Å². The van der Waals surface area contributed by atoms with Crippen molar-refractivity contribution in [1.29, 1.82) is 0 Å². The zero-order chi connectivity index (χ0) is 21.6. The van der Waals surface area contributed by atoms with E-state index < -0.39 is 0 Å². The van der Waals surface area contributed by atoms with Crippen molar-refractivity contribution in [3.05, 3.63) is 47.0 Å². The van der Waals surface area contributed by atoms with Gasteiger partial charge in [-0.15, -0.1) is 14.8 Å². The lowest BCUT2D eigenvalue weighted by atomic mass is 9.94. The SMILES string of the molecule is CCCCCN(Cc1ccc(Cl)cc1)C(=O)C1CCN(c2ccc3nnnn3n2)CC1. The molecule has 8 nitrogen and oxygen atoms in total. The molecule has 0 radical (unpaired) electrons. The molecule has 0 aliphatic carbocycles. The molecular formula is C22H28ClN7O. The molecular weight excluding hydrogens is 414 g/mol. The Hall–Kier alpha value is -2.74. The summed E-state index contributed by atoms with van der Waals surface area (Å²) >= 11 is 6.02. The van der Waals surface area contributed by atoms with Gasteiger partial charge in [-0.3, -0.25) is 4.79 Å². The maximum absolute atomic E-state index is 13.4. The maximum atomic E-state index is 13.4. The first-order chi connectivity index (χ1) is 15.1. The molecule has 0 atom stereocenters. The lowest BCUT2D eigenvalue weighted by Crippen LogP contribution is -2.43. The van der Waals surface area contributed by atoms with Gasteiger partial charge in [-0.1, -0.05) is 43.5 Å². The molecule has 2 aromatic heterocycles. The minimum atomic E-state index is 0.0435. The molecule has 0 saturated carbocycles. The van der Waals surface area contributed by atoms with Crippen LogP contribution in [0.4, 0.5) is 5.82 Å². The van der Waals surface area contributed by atoms with Crippen LogP contribution < -0.4 is 4.90 Å². The summed E-state index contributed by atoms with van der Waals surface area (Å²) in [4.78, 5) is 17.6. The van der Waals surface area contributed by atoms with E-state index in [9.17, 15) is 4.79 Å². The standard InChI is InChI=1S/C22H28ClN7O/c1-2-3-4-13-29(16-17-5-7-19(23)8-6-17)22(31)18-11-14-28(15-12-18)21-10-9-20-24-26-27-30(20)25-21/h5-10,18H,2-4,11-16H2,1H3. The zero-order valence-electron chi connectivity index (χ0n) is 17.8. The summed E-state index contributed by atoms with van der Waals surface area (Å²) in [5, 5.41) is 16.6. The van der Waals surface area contributed by atoms with E-state index in [2.05, 4.69) is 32.4 Å². The van der Waals surface area contributed by atoms with Gasteiger partial charge in [-0.25, -0.2) is 0 Å². The Kier molecular flexibility index (Phi) is 6.96. The molecule has 0 bridgehead atoms. The van der Waals surface area contributed by atoms with Gasteiger partial charge in [0.25, 0.3) is 0 Å². The summed E-state index contributed by atoms with van der Waals surface area (Å²) in [7, 11) is 0. The number of anilines is 1. The summed E-state index contributed by atoms with van der Waals surface area (Å²) in [6.45, 7) is 5.20. The minimum Gasteiger partial charge on any atom is -0.355 e. The first kappa shape index (κ1) is 21.5. The summed E-state index contributed by atoms with van der Waals surface area (Å²) < 4.78 is 1.44. The average molecular weight is 442 g/mol. The number of fused-ring (bicyclic) bond motifs is 1. The van der Waals surface area contributed by atoms with Crippen LogP contribution in [0, 0.1) is 5.92 Å². The van der Waals surface area contributed by atoms with Crippen molar-refractivity contribution in [2.45, 2.75) is 45.6 Å².